The van der Waals surface area contributed by atoms with Gasteiger partial charge >= 0.3 is 0 Å². The van der Waals surface area contributed by atoms with E-state index in [0.29, 0.717) is 5.69 Å². The summed E-state index contributed by atoms with van der Waals surface area (Å²) in [5.74, 6) is -2.57. The van der Waals surface area contributed by atoms with Gasteiger partial charge in [0.25, 0.3) is 5.91 Å². The second-order valence-corrected chi connectivity index (χ2v) is 8.20. The summed E-state index contributed by atoms with van der Waals surface area (Å²) >= 11 is 0. The molecule has 0 atom stereocenters. The minimum absolute atomic E-state index is 0.102. The fourth-order valence-corrected chi connectivity index (χ4v) is 2.87. The number of aliphatic imine (C=N–C) groups is 1. The van der Waals surface area contributed by atoms with Gasteiger partial charge in [-0.05, 0) is 64.0 Å². The number of allylic oxidation sites excluding steroid dienone is 5. The maximum Gasteiger partial charge on any atom is 0.264 e. The standard InChI is InChI=1S/C27H32F2N2O2.C2H6/c1-9-12-24(29)25(21(5)28)26(32)31(18-20(4)33-27(6,7)8)23-14-11-13-22(16-23)19(3)17-30-15-10-2;1-2/h9-17H,1-2,4,18H2,3,5-8H3;1-2H3/b19-17+,24-12+,25-21-,30-15?;. The van der Waals surface area contributed by atoms with E-state index < -0.39 is 28.7 Å². The van der Waals surface area contributed by atoms with Crippen molar-refractivity contribution in [1.82, 2.24) is 0 Å². The molecular weight excluding hydrogens is 446 g/mol. The fourth-order valence-electron chi connectivity index (χ4n) is 2.87. The first-order valence-electron chi connectivity index (χ1n) is 11.4. The number of carbonyl (C=O) groups is 1. The molecule has 1 aromatic rings. The van der Waals surface area contributed by atoms with Gasteiger partial charge in [-0.1, -0.05) is 57.9 Å². The molecule has 6 heteroatoms. The van der Waals surface area contributed by atoms with E-state index in [1.807, 2.05) is 47.6 Å². The van der Waals surface area contributed by atoms with E-state index in [1.165, 1.54) is 4.90 Å². The van der Waals surface area contributed by atoms with E-state index in [-0.39, 0.29) is 12.3 Å². The smallest absolute Gasteiger partial charge is 0.264 e. The Morgan fingerprint density at radius 1 is 1.14 bits per heavy atom. The van der Waals surface area contributed by atoms with Crippen molar-refractivity contribution >= 4 is 23.4 Å². The van der Waals surface area contributed by atoms with E-state index in [1.54, 1.807) is 36.7 Å². The van der Waals surface area contributed by atoms with Gasteiger partial charge in [-0.2, -0.15) is 0 Å². The van der Waals surface area contributed by atoms with Gasteiger partial charge in [-0.25, -0.2) is 8.78 Å². The van der Waals surface area contributed by atoms with Crippen LogP contribution in [0.3, 0.4) is 0 Å². The Morgan fingerprint density at radius 3 is 2.29 bits per heavy atom. The normalized spacial score (nSPS) is 12.8. The molecule has 0 saturated heterocycles. The number of carbonyl (C=O) groups excluding carboxylic acids is 1. The Balaban J connectivity index is 0.00000562. The van der Waals surface area contributed by atoms with Crippen molar-refractivity contribution in [2.75, 3.05) is 11.4 Å². The van der Waals surface area contributed by atoms with Gasteiger partial charge in [-0.15, -0.1) is 0 Å². The third-order valence-corrected chi connectivity index (χ3v) is 4.16. The summed E-state index contributed by atoms with van der Waals surface area (Å²) < 4.78 is 34.6. The van der Waals surface area contributed by atoms with Crippen LogP contribution in [0.15, 0.2) is 96.4 Å². The van der Waals surface area contributed by atoms with Crippen LogP contribution in [0.4, 0.5) is 14.5 Å². The molecule has 0 N–H and O–H groups in total. The van der Waals surface area contributed by atoms with Crippen LogP contribution < -0.4 is 4.90 Å². The summed E-state index contributed by atoms with van der Waals surface area (Å²) in [6, 6.07) is 7.00. The molecule has 0 heterocycles. The van der Waals surface area contributed by atoms with Gasteiger partial charge in [-0.3, -0.25) is 9.79 Å². The van der Waals surface area contributed by atoms with Gasteiger partial charge in [0, 0.05) is 18.1 Å². The largest absolute Gasteiger partial charge is 0.491 e. The van der Waals surface area contributed by atoms with E-state index in [9.17, 15) is 13.6 Å². The lowest BCUT2D eigenvalue weighted by atomic mass is 10.1. The molecule has 0 aliphatic heterocycles. The summed E-state index contributed by atoms with van der Waals surface area (Å²) in [6.07, 6.45) is 6.84. The van der Waals surface area contributed by atoms with Crippen LogP contribution in [0, 0.1) is 0 Å². The lowest BCUT2D eigenvalue weighted by Crippen LogP contribution is -2.36. The first-order chi connectivity index (χ1) is 16.4. The number of amides is 1. The Kier molecular flexibility index (Phi) is 13.8. The van der Waals surface area contributed by atoms with Crippen molar-refractivity contribution in [2.45, 2.75) is 54.1 Å². The quantitative estimate of drug-likeness (QED) is 0.145. The third kappa shape index (κ3) is 11.0. The molecule has 4 nitrogen and oxygen atoms in total. The molecule has 1 rings (SSSR count). The molecule has 0 aromatic heterocycles. The average molecular weight is 485 g/mol. The van der Waals surface area contributed by atoms with Gasteiger partial charge in [0.1, 0.15) is 28.6 Å². The predicted octanol–water partition coefficient (Wildman–Crippen LogP) is 8.28. The molecule has 0 saturated carbocycles. The van der Waals surface area contributed by atoms with E-state index in [4.69, 9.17) is 4.74 Å². The summed E-state index contributed by atoms with van der Waals surface area (Å²) in [6.45, 7) is 23.2. The lowest BCUT2D eigenvalue weighted by molar-refractivity contribution is -0.115. The Hall–Kier alpha value is -3.54. The molecular formula is C29H38F2N2O2. The lowest BCUT2D eigenvalue weighted by Gasteiger charge is -2.29. The van der Waals surface area contributed by atoms with Crippen molar-refractivity contribution in [1.29, 1.82) is 0 Å². The molecule has 0 spiro atoms. The third-order valence-electron chi connectivity index (χ3n) is 4.16. The van der Waals surface area contributed by atoms with Crippen LogP contribution >= 0.6 is 0 Å². The number of ether oxygens (including phenoxy) is 1. The van der Waals surface area contributed by atoms with Crippen molar-refractivity contribution < 1.29 is 18.3 Å². The molecule has 0 aliphatic carbocycles. The molecule has 190 valence electrons. The fraction of sp³-hybridized carbons (Fsp3) is 0.310. The highest BCUT2D eigenvalue weighted by atomic mass is 19.1. The number of halogens is 2. The minimum Gasteiger partial charge on any atom is -0.491 e. The first-order valence-corrected chi connectivity index (χ1v) is 11.4. The zero-order valence-corrected chi connectivity index (χ0v) is 22.0. The summed E-state index contributed by atoms with van der Waals surface area (Å²) in [5, 5.41) is 0. The highest BCUT2D eigenvalue weighted by molar-refractivity contribution is 6.08. The van der Waals surface area contributed by atoms with Crippen LogP contribution in [0.5, 0.6) is 0 Å². The van der Waals surface area contributed by atoms with Crippen molar-refractivity contribution in [3.05, 3.63) is 97.0 Å². The van der Waals surface area contributed by atoms with Crippen molar-refractivity contribution in [3.8, 4) is 0 Å². The van der Waals surface area contributed by atoms with Crippen LogP contribution in [-0.4, -0.2) is 24.3 Å². The molecule has 0 unspecified atom stereocenters. The summed E-state index contributed by atoms with van der Waals surface area (Å²) in [7, 11) is 0. The minimum atomic E-state index is -1.02. The molecule has 1 aromatic carbocycles. The Morgan fingerprint density at radius 2 is 1.77 bits per heavy atom. The van der Waals surface area contributed by atoms with Crippen LogP contribution in [-0.2, 0) is 9.53 Å². The number of benzene rings is 1. The molecule has 0 fully saturated rings. The molecule has 0 aliphatic rings. The van der Waals surface area contributed by atoms with Crippen LogP contribution in [0.2, 0.25) is 0 Å². The second-order valence-electron chi connectivity index (χ2n) is 8.20. The number of hydrogen-bond donors (Lipinski definition) is 0. The highest BCUT2D eigenvalue weighted by Crippen LogP contribution is 2.28. The number of hydrogen-bond acceptors (Lipinski definition) is 3. The SMILES string of the molecule is C=CC=N/C=C(\C)c1cccc(N(CC(=C)OC(C)(C)C)C(=O)C(/C(F)=C\C=C)=C(/C)F)c1.CC. The molecule has 1 amide bonds. The molecule has 0 bridgehead atoms. The molecule has 35 heavy (non-hydrogen) atoms. The number of nitrogens with zero attached hydrogens (tertiary/aromatic N) is 2. The monoisotopic (exact) mass is 484 g/mol. The molecule has 0 radical (unpaired) electrons. The maximum atomic E-state index is 14.6. The highest BCUT2D eigenvalue weighted by Gasteiger charge is 2.27. The van der Waals surface area contributed by atoms with E-state index in [0.717, 1.165) is 30.2 Å². The second kappa shape index (κ2) is 15.4. The van der Waals surface area contributed by atoms with Crippen molar-refractivity contribution in [3.63, 3.8) is 0 Å². The van der Waals surface area contributed by atoms with E-state index >= 15 is 0 Å². The summed E-state index contributed by atoms with van der Waals surface area (Å²) in [4.78, 5) is 18.7. The Labute approximate surface area is 209 Å². The van der Waals surface area contributed by atoms with Crippen molar-refractivity contribution in [2.24, 2.45) is 4.99 Å². The zero-order chi connectivity index (χ0) is 27.2. The number of rotatable bonds is 10. The van der Waals surface area contributed by atoms with Gasteiger partial charge in [0.05, 0.1) is 6.54 Å². The Bertz CT molecular complexity index is 1020. The zero-order valence-electron chi connectivity index (χ0n) is 22.0. The van der Waals surface area contributed by atoms with Gasteiger partial charge in [0.15, 0.2) is 0 Å². The first kappa shape index (κ1) is 31.5. The average Bonchev–Trinajstić information content (AvgIpc) is 2.77. The predicted molar refractivity (Wildman–Crippen MR) is 146 cm³/mol. The maximum absolute atomic E-state index is 14.6. The van der Waals surface area contributed by atoms with Crippen LogP contribution in [0.1, 0.15) is 54.0 Å². The van der Waals surface area contributed by atoms with Crippen LogP contribution in [0.25, 0.3) is 5.57 Å². The van der Waals surface area contributed by atoms with Gasteiger partial charge in [0.2, 0.25) is 0 Å². The topological polar surface area (TPSA) is 41.9 Å². The summed E-state index contributed by atoms with van der Waals surface area (Å²) in [5.41, 5.74) is 0.771. The van der Waals surface area contributed by atoms with Gasteiger partial charge < -0.3 is 9.64 Å². The number of anilines is 1. The van der Waals surface area contributed by atoms with E-state index in [2.05, 4.69) is 24.7 Å².